The monoisotopic (exact) mass is 196 g/mol. The van der Waals surface area contributed by atoms with Gasteiger partial charge in [0.05, 0.1) is 5.92 Å². The molecular formula is C12H20O2. The van der Waals surface area contributed by atoms with Crippen LogP contribution in [0, 0.1) is 17.8 Å². The van der Waals surface area contributed by atoms with Gasteiger partial charge < -0.3 is 0 Å². The first-order valence-corrected chi connectivity index (χ1v) is 5.53. The number of hydrogen-bond donors (Lipinski definition) is 0. The predicted octanol–water partition coefficient (Wildman–Crippen LogP) is 2.61. The highest BCUT2D eigenvalue weighted by Gasteiger charge is 2.32. The van der Waals surface area contributed by atoms with Crippen LogP contribution >= 0.6 is 0 Å². The molecule has 0 amide bonds. The van der Waals surface area contributed by atoms with E-state index in [9.17, 15) is 9.59 Å². The molecule has 0 heterocycles. The van der Waals surface area contributed by atoms with Gasteiger partial charge in [-0.15, -0.1) is 0 Å². The van der Waals surface area contributed by atoms with Gasteiger partial charge in [-0.2, -0.15) is 0 Å². The Morgan fingerprint density at radius 1 is 1.14 bits per heavy atom. The van der Waals surface area contributed by atoms with Gasteiger partial charge in [0.15, 0.2) is 0 Å². The summed E-state index contributed by atoms with van der Waals surface area (Å²) in [7, 11) is 0. The van der Waals surface area contributed by atoms with Gasteiger partial charge in [-0.05, 0) is 38.5 Å². The summed E-state index contributed by atoms with van der Waals surface area (Å²) in [5.41, 5.74) is 0. The van der Waals surface area contributed by atoms with Crippen LogP contribution in [0.1, 0.15) is 46.5 Å². The lowest BCUT2D eigenvalue weighted by Gasteiger charge is -2.30. The maximum absolute atomic E-state index is 11.4. The Kier molecular flexibility index (Phi) is 3.85. The minimum atomic E-state index is -0.322. The summed E-state index contributed by atoms with van der Waals surface area (Å²) >= 11 is 0. The van der Waals surface area contributed by atoms with Crippen LogP contribution in [0.5, 0.6) is 0 Å². The molecule has 0 aromatic carbocycles. The number of rotatable bonds is 3. The lowest BCUT2D eigenvalue weighted by molar-refractivity contribution is -0.133. The number of Topliss-reactive ketones (excluding diaryl/α,β-unsaturated/α-hetero) is 2. The maximum Gasteiger partial charge on any atom is 0.140 e. The van der Waals surface area contributed by atoms with Gasteiger partial charge in [-0.1, -0.05) is 19.8 Å². The van der Waals surface area contributed by atoms with Crippen molar-refractivity contribution in [1.29, 1.82) is 0 Å². The molecule has 0 saturated heterocycles. The Hall–Kier alpha value is -0.660. The van der Waals surface area contributed by atoms with Crippen LogP contribution in [0.15, 0.2) is 0 Å². The topological polar surface area (TPSA) is 34.1 Å². The minimum Gasteiger partial charge on any atom is -0.299 e. The Balaban J connectivity index is 2.67. The van der Waals surface area contributed by atoms with E-state index in [-0.39, 0.29) is 17.5 Å². The van der Waals surface area contributed by atoms with Gasteiger partial charge in [-0.3, -0.25) is 9.59 Å². The second-order valence-electron chi connectivity index (χ2n) is 4.73. The molecule has 2 nitrogen and oxygen atoms in total. The molecule has 1 aliphatic carbocycles. The fourth-order valence-electron chi connectivity index (χ4n) is 2.73. The van der Waals surface area contributed by atoms with Crippen molar-refractivity contribution in [3.8, 4) is 0 Å². The van der Waals surface area contributed by atoms with Crippen LogP contribution in [0.4, 0.5) is 0 Å². The molecule has 2 atom stereocenters. The molecule has 0 bridgehead atoms. The van der Waals surface area contributed by atoms with Gasteiger partial charge in [0.2, 0.25) is 0 Å². The second kappa shape index (κ2) is 4.72. The Morgan fingerprint density at radius 2 is 1.71 bits per heavy atom. The molecule has 1 aliphatic rings. The highest BCUT2D eigenvalue weighted by Crippen LogP contribution is 2.34. The summed E-state index contributed by atoms with van der Waals surface area (Å²) in [6, 6.07) is 0. The van der Waals surface area contributed by atoms with Crippen LogP contribution < -0.4 is 0 Å². The van der Waals surface area contributed by atoms with Crippen molar-refractivity contribution >= 4 is 11.6 Å². The molecule has 0 unspecified atom stereocenters. The van der Waals surface area contributed by atoms with E-state index in [1.807, 2.05) is 0 Å². The summed E-state index contributed by atoms with van der Waals surface area (Å²) < 4.78 is 0. The summed E-state index contributed by atoms with van der Waals surface area (Å²) in [4.78, 5) is 22.7. The standard InChI is InChI=1S/C12H20O2/c1-8-5-4-6-11(7-8)12(9(2)13)10(3)14/h8,11-12H,4-7H2,1-3H3/t8-,11-/m0/s1. The lowest BCUT2D eigenvalue weighted by Crippen LogP contribution is -2.31. The zero-order valence-corrected chi connectivity index (χ0v) is 9.38. The van der Waals surface area contributed by atoms with Crippen molar-refractivity contribution in [2.45, 2.75) is 46.5 Å². The van der Waals surface area contributed by atoms with Crippen molar-refractivity contribution in [2.75, 3.05) is 0 Å². The number of carbonyl (C=O) groups excluding carboxylic acids is 2. The van der Waals surface area contributed by atoms with E-state index in [2.05, 4.69) is 6.92 Å². The van der Waals surface area contributed by atoms with Crippen molar-refractivity contribution in [3.63, 3.8) is 0 Å². The minimum absolute atomic E-state index is 0.0524. The number of carbonyl (C=O) groups is 2. The smallest absolute Gasteiger partial charge is 0.140 e. The SMILES string of the molecule is CC(=O)C(C(C)=O)[C@H]1CCC[C@H](C)C1. The van der Waals surface area contributed by atoms with E-state index in [0.717, 1.165) is 12.8 Å². The number of hydrogen-bond acceptors (Lipinski definition) is 2. The van der Waals surface area contributed by atoms with E-state index in [0.29, 0.717) is 11.8 Å². The zero-order chi connectivity index (χ0) is 10.7. The third kappa shape index (κ3) is 2.66. The highest BCUT2D eigenvalue weighted by molar-refractivity contribution is 6.00. The second-order valence-corrected chi connectivity index (χ2v) is 4.73. The molecule has 1 saturated carbocycles. The average Bonchev–Trinajstić information content (AvgIpc) is 2.02. The third-order valence-electron chi connectivity index (χ3n) is 3.32. The molecule has 0 radical (unpaired) electrons. The number of ketones is 2. The molecular weight excluding hydrogens is 176 g/mol. The van der Waals surface area contributed by atoms with Crippen molar-refractivity contribution < 1.29 is 9.59 Å². The lowest BCUT2D eigenvalue weighted by atomic mass is 9.73. The van der Waals surface area contributed by atoms with Gasteiger partial charge in [0, 0.05) is 0 Å². The summed E-state index contributed by atoms with van der Waals surface area (Å²) in [5.74, 6) is 0.773. The van der Waals surface area contributed by atoms with Crippen LogP contribution in [0.25, 0.3) is 0 Å². The first-order chi connectivity index (χ1) is 6.52. The largest absolute Gasteiger partial charge is 0.299 e. The van der Waals surface area contributed by atoms with E-state index in [1.54, 1.807) is 13.8 Å². The molecule has 0 spiro atoms. The molecule has 0 aliphatic heterocycles. The van der Waals surface area contributed by atoms with E-state index in [4.69, 9.17) is 0 Å². The van der Waals surface area contributed by atoms with E-state index >= 15 is 0 Å². The Bertz CT molecular complexity index is 218. The quantitative estimate of drug-likeness (QED) is 0.650. The summed E-state index contributed by atoms with van der Waals surface area (Å²) in [6.07, 6.45) is 4.51. The Morgan fingerprint density at radius 3 is 2.14 bits per heavy atom. The van der Waals surface area contributed by atoms with Crippen molar-refractivity contribution in [3.05, 3.63) is 0 Å². The average molecular weight is 196 g/mol. The maximum atomic E-state index is 11.4. The fourth-order valence-corrected chi connectivity index (χ4v) is 2.73. The molecule has 2 heteroatoms. The van der Waals surface area contributed by atoms with Gasteiger partial charge in [0.1, 0.15) is 11.6 Å². The van der Waals surface area contributed by atoms with Gasteiger partial charge >= 0.3 is 0 Å². The fraction of sp³-hybridized carbons (Fsp3) is 0.833. The molecule has 80 valence electrons. The molecule has 0 aromatic rings. The molecule has 1 fully saturated rings. The molecule has 0 N–H and O–H groups in total. The molecule has 14 heavy (non-hydrogen) atoms. The van der Waals surface area contributed by atoms with Crippen LogP contribution in [-0.4, -0.2) is 11.6 Å². The molecule has 0 aromatic heterocycles. The zero-order valence-electron chi connectivity index (χ0n) is 9.38. The highest BCUT2D eigenvalue weighted by atomic mass is 16.1. The van der Waals surface area contributed by atoms with Crippen molar-refractivity contribution in [1.82, 2.24) is 0 Å². The summed E-state index contributed by atoms with van der Waals surface area (Å²) in [6.45, 7) is 5.31. The first-order valence-electron chi connectivity index (χ1n) is 5.53. The normalized spacial score (nSPS) is 27.7. The van der Waals surface area contributed by atoms with E-state index in [1.165, 1.54) is 12.8 Å². The Labute approximate surface area is 86.1 Å². The third-order valence-corrected chi connectivity index (χ3v) is 3.32. The van der Waals surface area contributed by atoms with Crippen LogP contribution in [-0.2, 0) is 9.59 Å². The predicted molar refractivity (Wildman–Crippen MR) is 56.0 cm³/mol. The van der Waals surface area contributed by atoms with Crippen molar-refractivity contribution in [2.24, 2.45) is 17.8 Å². The first kappa shape index (κ1) is 11.4. The van der Waals surface area contributed by atoms with E-state index < -0.39 is 0 Å². The van der Waals surface area contributed by atoms with Gasteiger partial charge in [-0.25, -0.2) is 0 Å². The molecule has 1 rings (SSSR count). The van der Waals surface area contributed by atoms with Crippen LogP contribution in [0.3, 0.4) is 0 Å². The summed E-state index contributed by atoms with van der Waals surface area (Å²) in [5, 5.41) is 0. The van der Waals surface area contributed by atoms with Gasteiger partial charge in [0.25, 0.3) is 0 Å². The van der Waals surface area contributed by atoms with Crippen LogP contribution in [0.2, 0.25) is 0 Å².